The highest BCUT2D eigenvalue weighted by Gasteiger charge is 2.50. The minimum absolute atomic E-state index is 0.274. The number of nitrogens with zero attached hydrogens (tertiary/aromatic N) is 1. The SMILES string of the molecule is Nc1ccc(C2(C(=O)Cc3cccnc3)CC2)cc1. The van der Waals surface area contributed by atoms with Gasteiger partial charge in [0.2, 0.25) is 0 Å². The Morgan fingerprint density at radius 1 is 1.21 bits per heavy atom. The number of Topliss-reactive ketones (excluding diaryl/α,β-unsaturated/α-hetero) is 1. The van der Waals surface area contributed by atoms with Gasteiger partial charge in [-0.3, -0.25) is 9.78 Å². The molecule has 2 aromatic rings. The molecule has 0 atom stereocenters. The maximum absolute atomic E-state index is 12.5. The van der Waals surface area contributed by atoms with Gasteiger partial charge in [-0.2, -0.15) is 0 Å². The number of pyridine rings is 1. The number of ketones is 1. The molecule has 0 spiro atoms. The third kappa shape index (κ3) is 2.24. The summed E-state index contributed by atoms with van der Waals surface area (Å²) in [5, 5.41) is 0. The molecule has 0 saturated heterocycles. The molecule has 1 aromatic carbocycles. The van der Waals surface area contributed by atoms with Crippen LogP contribution >= 0.6 is 0 Å². The van der Waals surface area contributed by atoms with Crippen molar-refractivity contribution in [2.24, 2.45) is 0 Å². The average molecular weight is 252 g/mol. The van der Waals surface area contributed by atoms with E-state index in [9.17, 15) is 4.79 Å². The van der Waals surface area contributed by atoms with Gasteiger partial charge in [-0.05, 0) is 42.2 Å². The van der Waals surface area contributed by atoms with Crippen LogP contribution in [0.3, 0.4) is 0 Å². The Morgan fingerprint density at radius 2 is 1.95 bits per heavy atom. The summed E-state index contributed by atoms with van der Waals surface area (Å²) in [6.45, 7) is 0. The minimum Gasteiger partial charge on any atom is -0.399 e. The summed E-state index contributed by atoms with van der Waals surface area (Å²) in [6, 6.07) is 11.5. The van der Waals surface area contributed by atoms with Crippen LogP contribution in [0.15, 0.2) is 48.8 Å². The third-order valence-corrected chi connectivity index (χ3v) is 3.83. The predicted octanol–water partition coefficient (Wildman–Crippen LogP) is 2.51. The molecule has 1 aliphatic carbocycles. The summed E-state index contributed by atoms with van der Waals surface area (Å²) in [6.07, 6.45) is 5.82. The molecule has 1 aromatic heterocycles. The maximum atomic E-state index is 12.5. The van der Waals surface area contributed by atoms with Crippen LogP contribution in [0, 0.1) is 0 Å². The Balaban J connectivity index is 1.81. The summed E-state index contributed by atoms with van der Waals surface area (Å²) >= 11 is 0. The number of nitrogens with two attached hydrogens (primary N) is 1. The van der Waals surface area contributed by atoms with Crippen molar-refractivity contribution in [3.63, 3.8) is 0 Å². The molecule has 3 heteroatoms. The van der Waals surface area contributed by atoms with E-state index in [1.165, 1.54) is 0 Å². The first-order valence-corrected chi connectivity index (χ1v) is 6.49. The smallest absolute Gasteiger partial charge is 0.147 e. The lowest BCUT2D eigenvalue weighted by Crippen LogP contribution is -2.22. The number of carbonyl (C=O) groups is 1. The molecule has 0 aliphatic heterocycles. The van der Waals surface area contributed by atoms with Gasteiger partial charge in [-0.1, -0.05) is 18.2 Å². The number of hydrogen-bond donors (Lipinski definition) is 1. The van der Waals surface area contributed by atoms with Crippen LogP contribution in [-0.4, -0.2) is 10.8 Å². The maximum Gasteiger partial charge on any atom is 0.147 e. The van der Waals surface area contributed by atoms with Gasteiger partial charge in [0, 0.05) is 24.5 Å². The highest BCUT2D eigenvalue weighted by molar-refractivity contribution is 5.94. The van der Waals surface area contributed by atoms with E-state index in [4.69, 9.17) is 5.73 Å². The predicted molar refractivity (Wildman–Crippen MR) is 74.7 cm³/mol. The number of nitrogen functional groups attached to an aromatic ring is 1. The van der Waals surface area contributed by atoms with Gasteiger partial charge in [-0.15, -0.1) is 0 Å². The van der Waals surface area contributed by atoms with Crippen LogP contribution < -0.4 is 5.73 Å². The largest absolute Gasteiger partial charge is 0.399 e. The fraction of sp³-hybridized carbons (Fsp3) is 0.250. The average Bonchev–Trinajstić information content (AvgIpc) is 3.22. The number of benzene rings is 1. The summed E-state index contributed by atoms with van der Waals surface area (Å²) in [5.41, 5.74) is 8.23. The first-order chi connectivity index (χ1) is 9.21. The number of carbonyl (C=O) groups excluding carboxylic acids is 1. The summed E-state index contributed by atoms with van der Waals surface area (Å²) < 4.78 is 0. The van der Waals surface area contributed by atoms with E-state index in [1.807, 2.05) is 36.4 Å². The molecule has 0 amide bonds. The van der Waals surface area contributed by atoms with Crippen LogP contribution in [0.25, 0.3) is 0 Å². The fourth-order valence-corrected chi connectivity index (χ4v) is 2.51. The highest BCUT2D eigenvalue weighted by atomic mass is 16.1. The van der Waals surface area contributed by atoms with Crippen molar-refractivity contribution < 1.29 is 4.79 Å². The van der Waals surface area contributed by atoms with Crippen molar-refractivity contribution in [3.05, 3.63) is 59.9 Å². The lowest BCUT2D eigenvalue weighted by atomic mass is 9.88. The molecule has 1 aliphatic rings. The molecule has 3 nitrogen and oxygen atoms in total. The highest BCUT2D eigenvalue weighted by Crippen LogP contribution is 2.49. The molecule has 1 fully saturated rings. The zero-order chi connectivity index (χ0) is 13.3. The lowest BCUT2D eigenvalue weighted by molar-refractivity contribution is -0.120. The Hall–Kier alpha value is -2.16. The molecule has 0 bridgehead atoms. The second-order valence-electron chi connectivity index (χ2n) is 5.17. The number of hydrogen-bond acceptors (Lipinski definition) is 3. The molecule has 1 heterocycles. The third-order valence-electron chi connectivity index (χ3n) is 3.83. The van der Waals surface area contributed by atoms with Crippen LogP contribution in [-0.2, 0) is 16.6 Å². The van der Waals surface area contributed by atoms with E-state index in [0.29, 0.717) is 6.42 Å². The van der Waals surface area contributed by atoms with Gasteiger partial charge in [0.1, 0.15) is 5.78 Å². The molecular formula is C16H16N2O. The van der Waals surface area contributed by atoms with Crippen LogP contribution in [0.1, 0.15) is 24.0 Å². The van der Waals surface area contributed by atoms with Crippen molar-refractivity contribution >= 4 is 11.5 Å². The zero-order valence-electron chi connectivity index (χ0n) is 10.7. The number of rotatable bonds is 4. The topological polar surface area (TPSA) is 56.0 Å². The van der Waals surface area contributed by atoms with Crippen molar-refractivity contribution in [1.82, 2.24) is 4.98 Å². The van der Waals surface area contributed by atoms with Gasteiger partial charge in [-0.25, -0.2) is 0 Å². The molecule has 96 valence electrons. The van der Waals surface area contributed by atoms with Crippen molar-refractivity contribution in [3.8, 4) is 0 Å². The minimum atomic E-state index is -0.274. The number of aromatic nitrogens is 1. The van der Waals surface area contributed by atoms with Gasteiger partial charge >= 0.3 is 0 Å². The van der Waals surface area contributed by atoms with E-state index in [2.05, 4.69) is 4.98 Å². The van der Waals surface area contributed by atoms with Crippen molar-refractivity contribution in [2.75, 3.05) is 5.73 Å². The lowest BCUT2D eigenvalue weighted by Gasteiger charge is -2.14. The van der Waals surface area contributed by atoms with Crippen LogP contribution in [0.5, 0.6) is 0 Å². The van der Waals surface area contributed by atoms with E-state index in [-0.39, 0.29) is 11.2 Å². The first kappa shape index (κ1) is 11.9. The van der Waals surface area contributed by atoms with Crippen molar-refractivity contribution in [2.45, 2.75) is 24.7 Å². The monoisotopic (exact) mass is 252 g/mol. The van der Waals surface area contributed by atoms with E-state index in [0.717, 1.165) is 29.7 Å². The molecule has 3 rings (SSSR count). The molecule has 2 N–H and O–H groups in total. The van der Waals surface area contributed by atoms with Gasteiger partial charge in [0.15, 0.2) is 0 Å². The zero-order valence-corrected chi connectivity index (χ0v) is 10.7. The number of anilines is 1. The Labute approximate surface area is 112 Å². The van der Waals surface area contributed by atoms with E-state index >= 15 is 0 Å². The van der Waals surface area contributed by atoms with E-state index in [1.54, 1.807) is 12.4 Å². The van der Waals surface area contributed by atoms with Gasteiger partial charge < -0.3 is 5.73 Å². The fourth-order valence-electron chi connectivity index (χ4n) is 2.51. The second-order valence-corrected chi connectivity index (χ2v) is 5.17. The standard InChI is InChI=1S/C16H16N2O/c17-14-5-3-13(4-6-14)16(7-8-16)15(19)10-12-2-1-9-18-11-12/h1-6,9,11H,7-8,10,17H2. The normalized spacial score (nSPS) is 16.0. The van der Waals surface area contributed by atoms with Gasteiger partial charge in [0.05, 0.1) is 5.41 Å². The van der Waals surface area contributed by atoms with Crippen LogP contribution in [0.2, 0.25) is 0 Å². The Morgan fingerprint density at radius 3 is 2.53 bits per heavy atom. The molecule has 19 heavy (non-hydrogen) atoms. The summed E-state index contributed by atoms with van der Waals surface area (Å²) in [5.74, 6) is 0.283. The van der Waals surface area contributed by atoms with Crippen LogP contribution in [0.4, 0.5) is 5.69 Å². The quantitative estimate of drug-likeness (QED) is 0.851. The summed E-state index contributed by atoms with van der Waals surface area (Å²) in [4.78, 5) is 16.6. The van der Waals surface area contributed by atoms with Crippen molar-refractivity contribution in [1.29, 1.82) is 0 Å². The molecular weight excluding hydrogens is 236 g/mol. The molecule has 1 saturated carbocycles. The first-order valence-electron chi connectivity index (χ1n) is 6.49. The Kier molecular flexibility index (Phi) is 2.82. The van der Waals surface area contributed by atoms with E-state index < -0.39 is 0 Å². The molecule has 0 radical (unpaired) electrons. The van der Waals surface area contributed by atoms with Gasteiger partial charge in [0.25, 0.3) is 0 Å². The second kappa shape index (κ2) is 4.50. The summed E-state index contributed by atoms with van der Waals surface area (Å²) in [7, 11) is 0. The molecule has 0 unspecified atom stereocenters. The Bertz CT molecular complexity index is 586.